The molecule has 2 fully saturated rings. The minimum Gasteiger partial charge on any atom is -0.455 e. The zero-order valence-electron chi connectivity index (χ0n) is 17.7. The Morgan fingerprint density at radius 1 is 1.06 bits per heavy atom. The van der Waals surface area contributed by atoms with Gasteiger partial charge in [-0.15, -0.1) is 0 Å². The van der Waals surface area contributed by atoms with Crippen LogP contribution in [0.3, 0.4) is 0 Å². The number of benzene rings is 1. The first kappa shape index (κ1) is 24.3. The van der Waals surface area contributed by atoms with Crippen molar-refractivity contribution < 1.29 is 35.9 Å². The quantitative estimate of drug-likeness (QED) is 0.599. The predicted molar refractivity (Wildman–Crippen MR) is 110 cm³/mol. The summed E-state index contributed by atoms with van der Waals surface area (Å²) in [6.07, 6.45) is -2.61. The highest BCUT2D eigenvalue weighted by molar-refractivity contribution is 7.88. The highest BCUT2D eigenvalue weighted by Crippen LogP contribution is 2.32. The SMILES string of the molecule is CS(=O)(=O)N1CCC(C(=O)OCC(=O)N2CCN(c3cccc(C(F)(F)F)c3)CC2)CC1. The smallest absolute Gasteiger partial charge is 0.416 e. The van der Waals surface area contributed by atoms with E-state index in [1.54, 1.807) is 11.0 Å². The zero-order chi connectivity index (χ0) is 23.5. The molecule has 1 aromatic rings. The number of amides is 1. The summed E-state index contributed by atoms with van der Waals surface area (Å²) in [6.45, 7) is 1.41. The van der Waals surface area contributed by atoms with Gasteiger partial charge in [0.2, 0.25) is 10.0 Å². The van der Waals surface area contributed by atoms with Gasteiger partial charge >= 0.3 is 12.1 Å². The Kier molecular flexibility index (Phi) is 7.33. The van der Waals surface area contributed by atoms with E-state index in [9.17, 15) is 31.2 Å². The summed E-state index contributed by atoms with van der Waals surface area (Å²) in [6, 6.07) is 5.07. The van der Waals surface area contributed by atoms with E-state index in [-0.39, 0.29) is 19.0 Å². The van der Waals surface area contributed by atoms with Crippen LogP contribution in [-0.4, -0.2) is 81.6 Å². The maximum atomic E-state index is 12.9. The van der Waals surface area contributed by atoms with Crippen molar-refractivity contribution >= 4 is 27.6 Å². The van der Waals surface area contributed by atoms with Crippen LogP contribution in [0.5, 0.6) is 0 Å². The largest absolute Gasteiger partial charge is 0.455 e. The first-order valence-electron chi connectivity index (χ1n) is 10.3. The molecule has 0 unspecified atom stereocenters. The number of nitrogens with zero attached hydrogens (tertiary/aromatic N) is 3. The van der Waals surface area contributed by atoms with E-state index in [0.717, 1.165) is 18.4 Å². The van der Waals surface area contributed by atoms with E-state index in [1.165, 1.54) is 15.3 Å². The van der Waals surface area contributed by atoms with Crippen LogP contribution in [-0.2, 0) is 30.5 Å². The van der Waals surface area contributed by atoms with Gasteiger partial charge in [0.05, 0.1) is 17.7 Å². The number of alkyl halides is 3. The monoisotopic (exact) mass is 477 g/mol. The molecule has 2 aliphatic heterocycles. The molecule has 0 saturated carbocycles. The van der Waals surface area contributed by atoms with Gasteiger partial charge in [-0.25, -0.2) is 12.7 Å². The van der Waals surface area contributed by atoms with Gasteiger partial charge in [0, 0.05) is 45.0 Å². The third kappa shape index (κ3) is 6.12. The highest BCUT2D eigenvalue weighted by Gasteiger charge is 2.32. The Morgan fingerprint density at radius 3 is 2.25 bits per heavy atom. The third-order valence-electron chi connectivity index (χ3n) is 5.77. The van der Waals surface area contributed by atoms with E-state index >= 15 is 0 Å². The number of anilines is 1. The first-order chi connectivity index (χ1) is 14.9. The predicted octanol–water partition coefficient (Wildman–Crippen LogP) is 1.57. The highest BCUT2D eigenvalue weighted by atomic mass is 32.2. The minimum absolute atomic E-state index is 0.240. The number of hydrogen-bond acceptors (Lipinski definition) is 6. The molecule has 178 valence electrons. The summed E-state index contributed by atoms with van der Waals surface area (Å²) in [5.74, 6) is -1.33. The molecule has 0 aliphatic carbocycles. The number of piperidine rings is 1. The molecule has 12 heteroatoms. The molecule has 0 aromatic heterocycles. The third-order valence-corrected chi connectivity index (χ3v) is 7.07. The van der Waals surface area contributed by atoms with Crippen LogP contribution in [0, 0.1) is 5.92 Å². The van der Waals surface area contributed by atoms with Crippen LogP contribution in [0.25, 0.3) is 0 Å². The normalized spacial score (nSPS) is 19.1. The number of halogens is 3. The Labute approximate surface area is 185 Å². The molecule has 3 rings (SSSR count). The number of carbonyl (C=O) groups excluding carboxylic acids is 2. The van der Waals surface area contributed by atoms with Crippen molar-refractivity contribution in [3.8, 4) is 0 Å². The molecule has 0 bridgehead atoms. The van der Waals surface area contributed by atoms with Gasteiger partial charge in [-0.1, -0.05) is 6.07 Å². The van der Waals surface area contributed by atoms with Crippen molar-refractivity contribution in [2.24, 2.45) is 5.92 Å². The standard InChI is InChI=1S/C20H26F3N3O5S/c1-32(29,30)26-7-5-15(6-8-26)19(28)31-14-18(27)25-11-9-24(10-12-25)17-4-2-3-16(13-17)20(21,22)23/h2-4,13,15H,5-12,14H2,1H3. The lowest BCUT2D eigenvalue weighted by Crippen LogP contribution is -2.50. The fourth-order valence-electron chi connectivity index (χ4n) is 3.86. The molecule has 0 N–H and O–H groups in total. The van der Waals surface area contributed by atoms with Crippen molar-refractivity contribution in [1.82, 2.24) is 9.21 Å². The van der Waals surface area contributed by atoms with Crippen molar-refractivity contribution in [1.29, 1.82) is 0 Å². The van der Waals surface area contributed by atoms with E-state index in [1.807, 2.05) is 0 Å². The van der Waals surface area contributed by atoms with Gasteiger partial charge in [0.15, 0.2) is 6.61 Å². The average Bonchev–Trinajstić information content (AvgIpc) is 2.76. The molecule has 8 nitrogen and oxygen atoms in total. The van der Waals surface area contributed by atoms with Crippen molar-refractivity contribution in [2.45, 2.75) is 19.0 Å². The fraction of sp³-hybridized carbons (Fsp3) is 0.600. The zero-order valence-corrected chi connectivity index (χ0v) is 18.5. The van der Waals surface area contributed by atoms with E-state index < -0.39 is 40.3 Å². The van der Waals surface area contributed by atoms with Crippen LogP contribution < -0.4 is 4.90 Å². The van der Waals surface area contributed by atoms with Crippen molar-refractivity contribution in [3.05, 3.63) is 29.8 Å². The molecule has 1 aromatic carbocycles. The summed E-state index contributed by atoms with van der Waals surface area (Å²) in [4.78, 5) is 27.9. The Bertz CT molecular complexity index is 938. The van der Waals surface area contributed by atoms with Crippen LogP contribution in [0.15, 0.2) is 24.3 Å². The summed E-state index contributed by atoms with van der Waals surface area (Å²) >= 11 is 0. The molecule has 0 spiro atoms. The molecular weight excluding hydrogens is 451 g/mol. The molecule has 0 atom stereocenters. The topological polar surface area (TPSA) is 87.2 Å². The van der Waals surface area contributed by atoms with Gasteiger partial charge < -0.3 is 14.5 Å². The van der Waals surface area contributed by atoms with Gasteiger partial charge in [-0.3, -0.25) is 9.59 Å². The number of ether oxygens (including phenoxy) is 1. The molecule has 2 saturated heterocycles. The van der Waals surface area contributed by atoms with E-state index in [0.29, 0.717) is 44.7 Å². The Morgan fingerprint density at radius 2 is 1.69 bits per heavy atom. The summed E-state index contributed by atoms with van der Waals surface area (Å²) in [7, 11) is -3.29. The number of hydrogen-bond donors (Lipinski definition) is 0. The number of esters is 1. The van der Waals surface area contributed by atoms with Crippen molar-refractivity contribution in [3.63, 3.8) is 0 Å². The van der Waals surface area contributed by atoms with Crippen molar-refractivity contribution in [2.75, 3.05) is 57.0 Å². The molecule has 1 amide bonds. The van der Waals surface area contributed by atoms with Gasteiger partial charge in [-0.05, 0) is 31.0 Å². The molecule has 2 aliphatic rings. The maximum Gasteiger partial charge on any atom is 0.416 e. The van der Waals surface area contributed by atoms with Gasteiger partial charge in [0.25, 0.3) is 5.91 Å². The average molecular weight is 478 g/mol. The number of piperazine rings is 1. The minimum atomic E-state index is -4.42. The van der Waals surface area contributed by atoms with Gasteiger partial charge in [-0.2, -0.15) is 13.2 Å². The molecule has 32 heavy (non-hydrogen) atoms. The second-order valence-corrected chi connectivity index (χ2v) is 9.94. The van der Waals surface area contributed by atoms with E-state index in [4.69, 9.17) is 4.74 Å². The second kappa shape index (κ2) is 9.65. The Hall–Kier alpha value is -2.34. The second-order valence-electron chi connectivity index (χ2n) is 7.96. The van der Waals surface area contributed by atoms with Crippen LogP contribution in [0.4, 0.5) is 18.9 Å². The number of sulfonamides is 1. The first-order valence-corrected chi connectivity index (χ1v) is 12.1. The number of carbonyl (C=O) groups is 2. The van der Waals surface area contributed by atoms with E-state index in [2.05, 4.69) is 0 Å². The lowest BCUT2D eigenvalue weighted by atomic mass is 9.98. The fourth-order valence-corrected chi connectivity index (χ4v) is 4.73. The summed E-state index contributed by atoms with van der Waals surface area (Å²) in [5.41, 5.74) is -0.276. The summed E-state index contributed by atoms with van der Waals surface area (Å²) < 4.78 is 68.3. The summed E-state index contributed by atoms with van der Waals surface area (Å²) in [5, 5.41) is 0. The Balaban J connectivity index is 1.44. The van der Waals surface area contributed by atoms with Crippen LogP contribution >= 0.6 is 0 Å². The maximum absolute atomic E-state index is 12.9. The van der Waals surface area contributed by atoms with Gasteiger partial charge in [0.1, 0.15) is 0 Å². The molecule has 2 heterocycles. The van der Waals surface area contributed by atoms with Crippen LogP contribution in [0.1, 0.15) is 18.4 Å². The lowest BCUT2D eigenvalue weighted by Gasteiger charge is -2.36. The molecular formula is C20H26F3N3O5S. The number of rotatable bonds is 5. The van der Waals surface area contributed by atoms with Crippen LogP contribution in [0.2, 0.25) is 0 Å². The lowest BCUT2D eigenvalue weighted by molar-refractivity contribution is -0.156. The molecule has 0 radical (unpaired) electrons.